The summed E-state index contributed by atoms with van der Waals surface area (Å²) in [5.74, 6) is 0.458. The third-order valence-corrected chi connectivity index (χ3v) is 5.58. The molecule has 25 heavy (non-hydrogen) atoms. The van der Waals surface area contributed by atoms with E-state index in [1.165, 1.54) is 24.0 Å². The fourth-order valence-electron chi connectivity index (χ4n) is 2.97. The second-order valence-corrected chi connectivity index (χ2v) is 8.23. The van der Waals surface area contributed by atoms with Gasteiger partial charge in [0.25, 0.3) is 0 Å². The van der Waals surface area contributed by atoms with E-state index >= 15 is 0 Å². The van der Waals surface area contributed by atoms with Crippen molar-refractivity contribution in [1.82, 2.24) is 4.98 Å². The van der Waals surface area contributed by atoms with E-state index in [0.29, 0.717) is 12.5 Å². The van der Waals surface area contributed by atoms with Gasteiger partial charge >= 0.3 is 0 Å². The summed E-state index contributed by atoms with van der Waals surface area (Å²) in [5, 5.41) is 6.49. The van der Waals surface area contributed by atoms with Crippen LogP contribution in [0.3, 0.4) is 0 Å². The summed E-state index contributed by atoms with van der Waals surface area (Å²) < 4.78 is 0. The Hall–Kier alpha value is -1.15. The van der Waals surface area contributed by atoms with Crippen molar-refractivity contribution in [3.63, 3.8) is 0 Å². The van der Waals surface area contributed by atoms with Crippen LogP contribution in [0.15, 0.2) is 28.6 Å². The first-order chi connectivity index (χ1) is 11.4. The molecule has 1 aliphatic rings. The van der Waals surface area contributed by atoms with E-state index in [1.54, 1.807) is 11.3 Å². The molecule has 0 saturated carbocycles. The summed E-state index contributed by atoms with van der Waals surface area (Å²) in [6.07, 6.45) is 4.81. The average Bonchev–Trinajstić information content (AvgIpc) is 3.03. The molecule has 2 aromatic rings. The van der Waals surface area contributed by atoms with Gasteiger partial charge in [-0.2, -0.15) is 0 Å². The predicted octanol–water partition coefficient (Wildman–Crippen LogP) is 4.86. The van der Waals surface area contributed by atoms with Crippen LogP contribution >= 0.6 is 35.3 Å². The van der Waals surface area contributed by atoms with Crippen LogP contribution in [0.4, 0.5) is 5.69 Å². The van der Waals surface area contributed by atoms with Gasteiger partial charge in [-0.3, -0.25) is 0 Å². The van der Waals surface area contributed by atoms with Crippen molar-refractivity contribution < 1.29 is 0 Å². The molecule has 4 nitrogen and oxygen atoms in total. The minimum Gasteiger partial charge on any atom is -0.370 e. The van der Waals surface area contributed by atoms with Gasteiger partial charge < -0.3 is 11.1 Å². The fraction of sp³-hybridized carbons (Fsp3) is 0.474. The summed E-state index contributed by atoms with van der Waals surface area (Å²) in [4.78, 5) is 9.12. The zero-order valence-electron chi connectivity index (χ0n) is 15.1. The van der Waals surface area contributed by atoms with Crippen LogP contribution in [0.5, 0.6) is 0 Å². The van der Waals surface area contributed by atoms with Crippen molar-refractivity contribution in [2.24, 2.45) is 10.7 Å². The van der Waals surface area contributed by atoms with Gasteiger partial charge in [0.2, 0.25) is 0 Å². The van der Waals surface area contributed by atoms with Gasteiger partial charge in [-0.1, -0.05) is 32.9 Å². The molecule has 3 rings (SSSR count). The van der Waals surface area contributed by atoms with E-state index in [2.05, 4.69) is 59.6 Å². The van der Waals surface area contributed by atoms with Gasteiger partial charge in [0.1, 0.15) is 0 Å². The van der Waals surface area contributed by atoms with Gasteiger partial charge in [0, 0.05) is 16.5 Å². The Morgan fingerprint density at radius 2 is 2.04 bits per heavy atom. The second kappa shape index (κ2) is 8.49. The van der Waals surface area contributed by atoms with Crippen molar-refractivity contribution in [2.45, 2.75) is 58.4 Å². The molecule has 1 aromatic carbocycles. The number of anilines is 1. The van der Waals surface area contributed by atoms with Crippen molar-refractivity contribution in [3.8, 4) is 0 Å². The average molecular weight is 470 g/mol. The number of nitrogens with two attached hydrogens (primary N) is 1. The summed E-state index contributed by atoms with van der Waals surface area (Å²) in [6, 6.07) is 6.40. The highest BCUT2D eigenvalue weighted by Crippen LogP contribution is 2.28. The lowest BCUT2D eigenvalue weighted by molar-refractivity contribution is 0.583. The number of rotatable bonds is 3. The zero-order chi connectivity index (χ0) is 17.2. The smallest absolute Gasteiger partial charge is 0.193 e. The normalized spacial score (nSPS) is 14.6. The molecule has 0 atom stereocenters. The molecule has 1 aromatic heterocycles. The summed E-state index contributed by atoms with van der Waals surface area (Å²) in [7, 11) is 0. The Morgan fingerprint density at radius 3 is 2.76 bits per heavy atom. The molecule has 6 heteroatoms. The number of hydrogen-bond donors (Lipinski definition) is 2. The molecule has 0 spiro atoms. The van der Waals surface area contributed by atoms with Gasteiger partial charge in [-0.25, -0.2) is 9.98 Å². The number of aryl methyl sites for hydroxylation is 1. The van der Waals surface area contributed by atoms with Gasteiger partial charge in [0.15, 0.2) is 5.96 Å². The maximum Gasteiger partial charge on any atom is 0.193 e. The largest absolute Gasteiger partial charge is 0.370 e. The number of halogens is 1. The molecule has 136 valence electrons. The summed E-state index contributed by atoms with van der Waals surface area (Å²) in [6.45, 7) is 7.04. The maximum absolute atomic E-state index is 6.09. The number of aliphatic imine (C=N–C) groups is 1. The molecule has 0 bridgehead atoms. The van der Waals surface area contributed by atoms with Crippen LogP contribution in [-0.4, -0.2) is 10.9 Å². The number of aromatic nitrogens is 1. The van der Waals surface area contributed by atoms with Crippen LogP contribution in [0.2, 0.25) is 0 Å². The molecule has 3 N–H and O–H groups in total. The Labute approximate surface area is 171 Å². The van der Waals surface area contributed by atoms with Crippen LogP contribution < -0.4 is 11.1 Å². The lowest BCUT2D eigenvalue weighted by Crippen LogP contribution is -2.24. The zero-order valence-corrected chi connectivity index (χ0v) is 18.3. The monoisotopic (exact) mass is 470 g/mol. The molecule has 0 fully saturated rings. The van der Waals surface area contributed by atoms with E-state index in [1.807, 2.05) is 0 Å². The van der Waals surface area contributed by atoms with E-state index in [9.17, 15) is 0 Å². The summed E-state index contributed by atoms with van der Waals surface area (Å²) >= 11 is 1.69. The van der Waals surface area contributed by atoms with E-state index in [-0.39, 0.29) is 29.4 Å². The number of nitrogens with zero attached hydrogens (tertiary/aromatic N) is 2. The summed E-state index contributed by atoms with van der Waals surface area (Å²) in [5.41, 5.74) is 11.1. The fourth-order valence-corrected chi connectivity index (χ4v) is 3.86. The Balaban J connectivity index is 0.00000225. The molecule has 0 radical (unpaired) electrons. The predicted molar refractivity (Wildman–Crippen MR) is 118 cm³/mol. The standard InChI is InChI=1S/C19H26N4S.HI/c1-19(2,3)17-22-14(12-24-17)11-21-18(20)23-16-10-6-8-13-7-4-5-9-15(13)16;/h6,8,10,12H,4-5,7,9,11H2,1-3H3,(H3,20,21,23);1H. The molecule has 1 aliphatic carbocycles. The van der Waals surface area contributed by atoms with Crippen LogP contribution in [0.1, 0.15) is 55.4 Å². The number of guanidine groups is 1. The number of hydrogen-bond acceptors (Lipinski definition) is 3. The first-order valence-corrected chi connectivity index (χ1v) is 9.44. The molecular formula is C19H27IN4S. The third kappa shape index (κ3) is 5.17. The minimum atomic E-state index is 0. The van der Waals surface area contributed by atoms with Gasteiger partial charge in [-0.05, 0) is 42.9 Å². The van der Waals surface area contributed by atoms with Crippen LogP contribution in [0, 0.1) is 0 Å². The second-order valence-electron chi connectivity index (χ2n) is 7.37. The number of fused-ring (bicyclic) bond motifs is 1. The van der Waals surface area contributed by atoms with E-state index < -0.39 is 0 Å². The number of thiazole rings is 1. The van der Waals surface area contributed by atoms with E-state index in [0.717, 1.165) is 29.2 Å². The van der Waals surface area contributed by atoms with Crippen molar-refractivity contribution in [3.05, 3.63) is 45.4 Å². The van der Waals surface area contributed by atoms with E-state index in [4.69, 9.17) is 5.73 Å². The highest BCUT2D eigenvalue weighted by molar-refractivity contribution is 14.0. The molecule has 0 amide bonds. The first kappa shape index (κ1) is 20.2. The first-order valence-electron chi connectivity index (χ1n) is 8.56. The number of benzene rings is 1. The molecule has 0 unspecified atom stereocenters. The van der Waals surface area contributed by atoms with Crippen molar-refractivity contribution >= 4 is 47.0 Å². The molecule has 0 saturated heterocycles. The minimum absolute atomic E-state index is 0. The SMILES string of the molecule is CC(C)(C)c1nc(CN=C(N)Nc2cccc3c2CCCC3)cs1.I. The number of nitrogens with one attached hydrogen (secondary N) is 1. The highest BCUT2D eigenvalue weighted by atomic mass is 127. The highest BCUT2D eigenvalue weighted by Gasteiger charge is 2.18. The third-order valence-electron chi connectivity index (χ3n) is 4.26. The van der Waals surface area contributed by atoms with Crippen LogP contribution in [0.25, 0.3) is 0 Å². The van der Waals surface area contributed by atoms with Crippen molar-refractivity contribution in [2.75, 3.05) is 5.32 Å². The van der Waals surface area contributed by atoms with Crippen molar-refractivity contribution in [1.29, 1.82) is 0 Å². The Bertz CT molecular complexity index is 746. The Morgan fingerprint density at radius 1 is 1.28 bits per heavy atom. The molecular weight excluding hydrogens is 443 g/mol. The molecule has 1 heterocycles. The topological polar surface area (TPSA) is 63.3 Å². The van der Waals surface area contributed by atoms with Crippen LogP contribution in [-0.2, 0) is 24.8 Å². The lowest BCUT2D eigenvalue weighted by Gasteiger charge is -2.19. The van der Waals surface area contributed by atoms with Gasteiger partial charge in [0.05, 0.1) is 17.2 Å². The molecule has 0 aliphatic heterocycles. The Kier molecular flexibility index (Phi) is 6.85. The lowest BCUT2D eigenvalue weighted by atomic mass is 9.90. The van der Waals surface area contributed by atoms with Gasteiger partial charge in [-0.15, -0.1) is 35.3 Å². The maximum atomic E-state index is 6.09. The quantitative estimate of drug-likeness (QED) is 0.383.